The van der Waals surface area contributed by atoms with E-state index in [4.69, 9.17) is 14.4 Å². The molecule has 3 heterocycles. The molecule has 0 saturated carbocycles. The summed E-state index contributed by atoms with van der Waals surface area (Å²) in [5.74, 6) is 1.13. The number of rotatable bonds is 5. The molecule has 3 aromatic heterocycles. The zero-order valence-electron chi connectivity index (χ0n) is 29.0. The smallest absolute Gasteiger partial charge is 0.160 e. The molecule has 0 fully saturated rings. The van der Waals surface area contributed by atoms with Crippen LogP contribution in [-0.4, -0.2) is 14.5 Å². The highest BCUT2D eigenvalue weighted by atomic mass is 16.3. The van der Waals surface area contributed by atoms with Crippen molar-refractivity contribution in [3.63, 3.8) is 0 Å². The van der Waals surface area contributed by atoms with Crippen LogP contribution in [0.15, 0.2) is 162 Å². The predicted octanol–water partition coefficient (Wildman–Crippen LogP) is 12.3. The van der Waals surface area contributed by atoms with Crippen molar-refractivity contribution in [3.05, 3.63) is 169 Å². The molecule has 10 rings (SSSR count). The summed E-state index contributed by atoms with van der Waals surface area (Å²) < 4.78 is 8.99. The molecule has 0 saturated heterocycles. The van der Waals surface area contributed by atoms with Crippen LogP contribution < -0.4 is 0 Å². The Morgan fingerprint density at radius 3 is 2.25 bits per heavy atom. The number of aromatic nitrogens is 3. The van der Waals surface area contributed by atoms with Gasteiger partial charge in [-0.1, -0.05) is 97.9 Å². The van der Waals surface area contributed by atoms with Gasteiger partial charge in [-0.2, -0.15) is 5.26 Å². The van der Waals surface area contributed by atoms with Crippen molar-refractivity contribution in [1.29, 1.82) is 5.26 Å². The molecule has 1 aliphatic rings. The Bertz CT molecular complexity index is 2990. The molecular formula is C48H32N4O. The van der Waals surface area contributed by atoms with Crippen LogP contribution in [0.5, 0.6) is 0 Å². The van der Waals surface area contributed by atoms with E-state index in [9.17, 15) is 5.26 Å². The number of benzene rings is 6. The first-order valence-corrected chi connectivity index (χ1v) is 17.9. The predicted molar refractivity (Wildman–Crippen MR) is 216 cm³/mol. The highest BCUT2D eigenvalue weighted by Gasteiger charge is 2.21. The first-order chi connectivity index (χ1) is 26.1. The summed E-state index contributed by atoms with van der Waals surface area (Å²) in [4.78, 5) is 10.1. The minimum absolute atomic E-state index is 0.511. The lowest BCUT2D eigenvalue weighted by molar-refractivity contribution is 0.671. The maximum atomic E-state index is 9.59. The van der Waals surface area contributed by atoms with Crippen LogP contribution in [0, 0.1) is 17.2 Å². The van der Waals surface area contributed by atoms with Gasteiger partial charge in [0.15, 0.2) is 11.4 Å². The third-order valence-electron chi connectivity index (χ3n) is 10.4. The van der Waals surface area contributed by atoms with Crippen molar-refractivity contribution in [3.8, 4) is 45.7 Å². The van der Waals surface area contributed by atoms with Gasteiger partial charge in [-0.05, 0) is 90.2 Å². The highest BCUT2D eigenvalue weighted by molar-refractivity contribution is 6.21. The molecule has 9 aromatic rings. The molecule has 5 nitrogen and oxygen atoms in total. The lowest BCUT2D eigenvalue weighted by atomic mass is 9.90. The van der Waals surface area contributed by atoms with Crippen LogP contribution in [-0.2, 0) is 0 Å². The minimum Gasteiger partial charge on any atom is -0.454 e. The molecule has 0 aliphatic heterocycles. The van der Waals surface area contributed by atoms with Crippen molar-refractivity contribution >= 4 is 49.3 Å². The summed E-state index contributed by atoms with van der Waals surface area (Å²) in [6.45, 7) is 2.27. The monoisotopic (exact) mass is 680 g/mol. The molecule has 53 heavy (non-hydrogen) atoms. The normalized spacial score (nSPS) is 14.3. The number of nitriles is 1. The van der Waals surface area contributed by atoms with E-state index in [1.807, 2.05) is 60.7 Å². The van der Waals surface area contributed by atoms with Crippen molar-refractivity contribution in [2.75, 3.05) is 0 Å². The van der Waals surface area contributed by atoms with Gasteiger partial charge in [0.25, 0.3) is 0 Å². The highest BCUT2D eigenvalue weighted by Crippen LogP contribution is 2.42. The number of furan rings is 1. The third-order valence-corrected chi connectivity index (χ3v) is 10.4. The van der Waals surface area contributed by atoms with Gasteiger partial charge in [-0.15, -0.1) is 0 Å². The Hall–Kier alpha value is -7.03. The van der Waals surface area contributed by atoms with Gasteiger partial charge in [-0.25, -0.2) is 9.97 Å². The first kappa shape index (κ1) is 30.8. The minimum atomic E-state index is 0.511. The van der Waals surface area contributed by atoms with Crippen LogP contribution in [0.3, 0.4) is 0 Å². The van der Waals surface area contributed by atoms with Gasteiger partial charge in [0.05, 0.1) is 34.1 Å². The fraction of sp³-hybridized carbons (Fsp3) is 0.0625. The molecule has 6 aromatic carbocycles. The molecule has 0 N–H and O–H groups in total. The van der Waals surface area contributed by atoms with E-state index in [0.717, 1.165) is 78.5 Å². The van der Waals surface area contributed by atoms with Crippen LogP contribution in [0.1, 0.15) is 24.5 Å². The van der Waals surface area contributed by atoms with Gasteiger partial charge in [-0.3, -0.25) is 0 Å². The molecular weight excluding hydrogens is 649 g/mol. The number of nitrogens with zero attached hydrogens (tertiary/aromatic N) is 4. The van der Waals surface area contributed by atoms with Gasteiger partial charge in [0, 0.05) is 43.9 Å². The summed E-state index contributed by atoms with van der Waals surface area (Å²) in [5.41, 5.74) is 12.5. The summed E-state index contributed by atoms with van der Waals surface area (Å²) in [7, 11) is 0. The summed E-state index contributed by atoms with van der Waals surface area (Å²) in [6, 6.07) is 50.0. The lowest BCUT2D eigenvalue weighted by Gasteiger charge is -2.15. The van der Waals surface area contributed by atoms with E-state index in [0.29, 0.717) is 17.3 Å². The Morgan fingerprint density at radius 1 is 0.660 bits per heavy atom. The quantitative estimate of drug-likeness (QED) is 0.181. The topological polar surface area (TPSA) is 67.6 Å². The standard InChI is InChI=1S/C48H32N4O/c1-30-9-7-13-34(25-30)35-19-24-44-41(27-35)39-22-23-40-38-15-5-6-16-45(38)53-47(40)46(39)52(44)37-20-17-33(18-21-37)48-50-42(32-11-3-2-4-12-32)28-43(51-48)36-14-8-10-31(26-36)29-49/h2-24,26-28,30H,25H2,1H3. The average Bonchev–Trinajstić information content (AvgIpc) is 3.77. The second kappa shape index (κ2) is 12.3. The molecule has 250 valence electrons. The van der Waals surface area contributed by atoms with Gasteiger partial charge < -0.3 is 8.98 Å². The first-order valence-electron chi connectivity index (χ1n) is 17.9. The summed E-state index contributed by atoms with van der Waals surface area (Å²) in [6.07, 6.45) is 7.72. The third kappa shape index (κ3) is 5.23. The van der Waals surface area contributed by atoms with Crippen molar-refractivity contribution in [1.82, 2.24) is 14.5 Å². The SMILES string of the molecule is CC1C=CC=C(c2ccc3c(c2)c2ccc4c5ccccc5oc4c2n3-c2ccc(-c3nc(-c4ccccc4)cc(-c4cccc(C#N)c4)n3)cc2)C1. The Kier molecular flexibility index (Phi) is 7.16. The van der Waals surface area contributed by atoms with Gasteiger partial charge >= 0.3 is 0 Å². The number of para-hydroxylation sites is 1. The summed E-state index contributed by atoms with van der Waals surface area (Å²) in [5, 5.41) is 14.1. The molecule has 1 unspecified atom stereocenters. The van der Waals surface area contributed by atoms with Crippen molar-refractivity contribution in [2.45, 2.75) is 13.3 Å². The zero-order valence-corrected chi connectivity index (χ0v) is 29.0. The molecule has 1 aliphatic carbocycles. The van der Waals surface area contributed by atoms with Gasteiger partial charge in [0.2, 0.25) is 0 Å². The fourth-order valence-corrected chi connectivity index (χ4v) is 7.80. The number of allylic oxidation sites excluding steroid dienone is 4. The lowest BCUT2D eigenvalue weighted by Crippen LogP contribution is -1.98. The Morgan fingerprint density at radius 2 is 1.42 bits per heavy atom. The van der Waals surface area contributed by atoms with Crippen LogP contribution in [0.2, 0.25) is 0 Å². The molecule has 5 heteroatoms. The van der Waals surface area contributed by atoms with Crippen molar-refractivity contribution < 1.29 is 4.42 Å². The molecule has 0 bridgehead atoms. The maximum absolute atomic E-state index is 9.59. The Labute approximate surface area is 306 Å². The molecule has 0 amide bonds. The molecule has 0 spiro atoms. The van der Waals surface area contributed by atoms with E-state index in [1.54, 1.807) is 0 Å². The zero-order chi connectivity index (χ0) is 35.5. The second-order valence-electron chi connectivity index (χ2n) is 13.8. The maximum Gasteiger partial charge on any atom is 0.160 e. The molecule has 1 atom stereocenters. The molecule has 0 radical (unpaired) electrons. The van der Waals surface area contributed by atoms with E-state index in [2.05, 4.69) is 115 Å². The largest absolute Gasteiger partial charge is 0.454 e. The van der Waals surface area contributed by atoms with E-state index in [-0.39, 0.29) is 0 Å². The Balaban J connectivity index is 1.16. The second-order valence-corrected chi connectivity index (χ2v) is 13.8. The van der Waals surface area contributed by atoms with Crippen molar-refractivity contribution in [2.24, 2.45) is 5.92 Å². The summed E-state index contributed by atoms with van der Waals surface area (Å²) >= 11 is 0. The van der Waals surface area contributed by atoms with Gasteiger partial charge in [0.1, 0.15) is 5.58 Å². The number of hydrogen-bond acceptors (Lipinski definition) is 4. The fourth-order valence-electron chi connectivity index (χ4n) is 7.80. The van der Waals surface area contributed by atoms with Crippen LogP contribution in [0.25, 0.3) is 88.9 Å². The average molecular weight is 681 g/mol. The van der Waals surface area contributed by atoms with E-state index in [1.165, 1.54) is 16.5 Å². The van der Waals surface area contributed by atoms with Crippen LogP contribution in [0.4, 0.5) is 0 Å². The number of hydrogen-bond donors (Lipinski definition) is 0. The van der Waals surface area contributed by atoms with E-state index >= 15 is 0 Å². The van der Waals surface area contributed by atoms with Crippen LogP contribution >= 0.6 is 0 Å². The van der Waals surface area contributed by atoms with E-state index < -0.39 is 0 Å². The number of fused-ring (bicyclic) bond motifs is 7.